The summed E-state index contributed by atoms with van der Waals surface area (Å²) >= 11 is 0. The monoisotopic (exact) mass is 360 g/mol. The van der Waals surface area contributed by atoms with Gasteiger partial charge in [0.05, 0.1) is 13.0 Å². The maximum Gasteiger partial charge on any atom is 0.328 e. The predicted molar refractivity (Wildman–Crippen MR) is 93.4 cm³/mol. The number of amides is 2. The van der Waals surface area contributed by atoms with E-state index in [0.29, 0.717) is 19.4 Å². The number of hydrogen-bond donors (Lipinski definition) is 2. The van der Waals surface area contributed by atoms with Crippen molar-refractivity contribution in [2.75, 3.05) is 13.7 Å². The van der Waals surface area contributed by atoms with Crippen LogP contribution in [0.1, 0.15) is 25.3 Å². The Morgan fingerprint density at radius 1 is 1.38 bits per heavy atom. The average molecular weight is 360 g/mol. The van der Waals surface area contributed by atoms with Crippen molar-refractivity contribution in [3.8, 4) is 5.75 Å². The van der Waals surface area contributed by atoms with E-state index in [1.807, 2.05) is 24.3 Å². The number of para-hydroxylation sites is 1. The minimum absolute atomic E-state index is 0.0872. The zero-order valence-corrected chi connectivity index (χ0v) is 15.0. The number of rotatable bonds is 6. The van der Waals surface area contributed by atoms with E-state index in [1.54, 1.807) is 6.92 Å². The highest BCUT2D eigenvalue weighted by Crippen LogP contribution is 2.31. The zero-order chi connectivity index (χ0) is 18.7. The Labute approximate surface area is 152 Å². The highest BCUT2D eigenvalue weighted by Gasteiger charge is 2.36. The first kappa shape index (κ1) is 18.2. The van der Waals surface area contributed by atoms with E-state index in [2.05, 4.69) is 10.6 Å². The van der Waals surface area contributed by atoms with Crippen molar-refractivity contribution in [3.63, 3.8) is 0 Å². The van der Waals surface area contributed by atoms with Crippen molar-refractivity contribution >= 4 is 17.8 Å². The smallest absolute Gasteiger partial charge is 0.328 e. The summed E-state index contributed by atoms with van der Waals surface area (Å²) in [5.74, 6) is -0.841. The van der Waals surface area contributed by atoms with E-state index in [0.717, 1.165) is 11.3 Å². The van der Waals surface area contributed by atoms with Gasteiger partial charge in [-0.3, -0.25) is 9.59 Å². The van der Waals surface area contributed by atoms with E-state index in [9.17, 15) is 14.4 Å². The van der Waals surface area contributed by atoms with Gasteiger partial charge in [-0.1, -0.05) is 25.1 Å². The van der Waals surface area contributed by atoms with Crippen LogP contribution in [0.2, 0.25) is 0 Å². The first-order valence-electron chi connectivity index (χ1n) is 8.90. The van der Waals surface area contributed by atoms with Crippen LogP contribution in [0.3, 0.4) is 0 Å². The second-order valence-corrected chi connectivity index (χ2v) is 6.85. The highest BCUT2D eigenvalue weighted by atomic mass is 16.5. The number of benzene rings is 1. The summed E-state index contributed by atoms with van der Waals surface area (Å²) in [7, 11) is 1.27. The van der Waals surface area contributed by atoms with Crippen LogP contribution in [0.5, 0.6) is 5.75 Å². The largest absolute Gasteiger partial charge is 0.489 e. The number of esters is 1. The number of carbonyl (C=O) groups excluding carboxylic acids is 3. The van der Waals surface area contributed by atoms with Gasteiger partial charge in [-0.25, -0.2) is 4.79 Å². The molecular weight excluding hydrogens is 336 g/mol. The molecule has 7 heteroatoms. The SMILES string of the molecule is COC(=O)[C@H](C[C@@H]1CCNC1=O)NC(=O)[C@@H](C)[C@@H]1Cc2ccccc2O1. The van der Waals surface area contributed by atoms with Crippen LogP contribution in [0, 0.1) is 11.8 Å². The van der Waals surface area contributed by atoms with Gasteiger partial charge in [-0.05, 0) is 24.5 Å². The van der Waals surface area contributed by atoms with Gasteiger partial charge in [0.1, 0.15) is 17.9 Å². The lowest BCUT2D eigenvalue weighted by atomic mass is 9.96. The molecule has 140 valence electrons. The molecule has 2 aliphatic heterocycles. The van der Waals surface area contributed by atoms with Crippen molar-refractivity contribution in [2.24, 2.45) is 11.8 Å². The molecule has 0 saturated carbocycles. The third-order valence-corrected chi connectivity index (χ3v) is 5.13. The Bertz CT molecular complexity index is 680. The predicted octanol–water partition coefficient (Wildman–Crippen LogP) is 0.810. The fourth-order valence-electron chi connectivity index (χ4n) is 3.47. The van der Waals surface area contributed by atoms with Gasteiger partial charge >= 0.3 is 5.97 Å². The number of carbonyl (C=O) groups is 3. The minimum atomic E-state index is -0.840. The molecule has 3 rings (SSSR count). The lowest BCUT2D eigenvalue weighted by Gasteiger charge is -2.23. The summed E-state index contributed by atoms with van der Waals surface area (Å²) in [5.41, 5.74) is 1.07. The number of methoxy groups -OCH3 is 1. The Hall–Kier alpha value is -2.57. The van der Waals surface area contributed by atoms with E-state index in [-0.39, 0.29) is 30.3 Å². The number of ether oxygens (including phenoxy) is 2. The summed E-state index contributed by atoms with van der Waals surface area (Å²) in [6.07, 6.45) is 1.26. The third kappa shape index (κ3) is 3.81. The second kappa shape index (κ2) is 7.76. The molecule has 2 aliphatic rings. The van der Waals surface area contributed by atoms with Gasteiger partial charge in [0.25, 0.3) is 0 Å². The summed E-state index contributed by atoms with van der Waals surface area (Å²) in [4.78, 5) is 36.5. The molecule has 1 fully saturated rings. The average Bonchev–Trinajstić information content (AvgIpc) is 3.25. The Morgan fingerprint density at radius 3 is 2.81 bits per heavy atom. The van der Waals surface area contributed by atoms with E-state index in [4.69, 9.17) is 9.47 Å². The Kier molecular flexibility index (Phi) is 5.44. The highest BCUT2D eigenvalue weighted by molar-refractivity contribution is 5.87. The Balaban J connectivity index is 1.62. The number of hydrogen-bond acceptors (Lipinski definition) is 5. The maximum absolute atomic E-state index is 12.7. The van der Waals surface area contributed by atoms with Crippen LogP contribution in [0.15, 0.2) is 24.3 Å². The van der Waals surface area contributed by atoms with Gasteiger partial charge in [0, 0.05) is 18.9 Å². The van der Waals surface area contributed by atoms with E-state index in [1.165, 1.54) is 7.11 Å². The van der Waals surface area contributed by atoms with Crippen LogP contribution in [-0.2, 0) is 25.5 Å². The molecule has 0 bridgehead atoms. The van der Waals surface area contributed by atoms with Crippen LogP contribution < -0.4 is 15.4 Å². The van der Waals surface area contributed by atoms with Gasteiger partial charge < -0.3 is 20.1 Å². The lowest BCUT2D eigenvalue weighted by Crippen LogP contribution is -2.48. The molecule has 4 atom stereocenters. The quantitative estimate of drug-likeness (QED) is 0.732. The summed E-state index contributed by atoms with van der Waals surface area (Å²) in [6.45, 7) is 2.37. The molecule has 26 heavy (non-hydrogen) atoms. The summed E-state index contributed by atoms with van der Waals surface area (Å²) < 4.78 is 10.7. The fraction of sp³-hybridized carbons (Fsp3) is 0.526. The lowest BCUT2D eigenvalue weighted by molar-refractivity contribution is -0.146. The standard InChI is InChI=1S/C19H24N2O5/c1-11(16-10-12-5-3-4-6-15(12)26-16)17(22)21-14(19(24)25-2)9-13-7-8-20-18(13)23/h3-6,11,13-14,16H,7-10H2,1-2H3,(H,20,23)(H,21,22)/t11-,13-,14-,16-/m0/s1. The van der Waals surface area contributed by atoms with Crippen molar-refractivity contribution in [3.05, 3.63) is 29.8 Å². The maximum atomic E-state index is 12.7. The van der Waals surface area contributed by atoms with E-state index >= 15 is 0 Å². The van der Waals surface area contributed by atoms with Gasteiger partial charge in [-0.15, -0.1) is 0 Å². The molecular formula is C19H24N2O5. The molecule has 0 aromatic heterocycles. The molecule has 2 amide bonds. The minimum Gasteiger partial charge on any atom is -0.489 e. The number of fused-ring (bicyclic) bond motifs is 1. The molecule has 0 spiro atoms. The molecule has 0 aliphatic carbocycles. The van der Waals surface area contributed by atoms with Crippen molar-refractivity contribution in [1.29, 1.82) is 0 Å². The normalized spacial score (nSPS) is 23.4. The molecule has 0 radical (unpaired) electrons. The van der Waals surface area contributed by atoms with Crippen molar-refractivity contribution in [1.82, 2.24) is 10.6 Å². The van der Waals surface area contributed by atoms with Gasteiger partial charge in [-0.2, -0.15) is 0 Å². The van der Waals surface area contributed by atoms with Gasteiger partial charge in [0.2, 0.25) is 11.8 Å². The van der Waals surface area contributed by atoms with Crippen LogP contribution >= 0.6 is 0 Å². The van der Waals surface area contributed by atoms with Crippen LogP contribution in [0.25, 0.3) is 0 Å². The topological polar surface area (TPSA) is 93.7 Å². The van der Waals surface area contributed by atoms with Crippen LogP contribution in [0.4, 0.5) is 0 Å². The molecule has 1 aromatic carbocycles. The molecule has 2 N–H and O–H groups in total. The summed E-state index contributed by atoms with van der Waals surface area (Å²) in [6, 6.07) is 6.86. The fourth-order valence-corrected chi connectivity index (χ4v) is 3.47. The van der Waals surface area contributed by atoms with Crippen LogP contribution in [-0.4, -0.2) is 43.6 Å². The van der Waals surface area contributed by atoms with Crippen molar-refractivity contribution < 1.29 is 23.9 Å². The van der Waals surface area contributed by atoms with Crippen molar-refractivity contribution in [2.45, 2.75) is 38.3 Å². The molecule has 1 aromatic rings. The molecule has 2 heterocycles. The molecule has 7 nitrogen and oxygen atoms in total. The van der Waals surface area contributed by atoms with Gasteiger partial charge in [0.15, 0.2) is 0 Å². The zero-order valence-electron chi connectivity index (χ0n) is 15.0. The first-order valence-corrected chi connectivity index (χ1v) is 8.90. The molecule has 1 saturated heterocycles. The second-order valence-electron chi connectivity index (χ2n) is 6.85. The third-order valence-electron chi connectivity index (χ3n) is 5.13. The Morgan fingerprint density at radius 2 is 2.15 bits per heavy atom. The number of nitrogens with one attached hydrogen (secondary N) is 2. The van der Waals surface area contributed by atoms with E-state index < -0.39 is 17.9 Å². The summed E-state index contributed by atoms with van der Waals surface area (Å²) in [5, 5.41) is 5.48. The molecule has 0 unspecified atom stereocenters. The first-order chi connectivity index (χ1) is 12.5.